The van der Waals surface area contributed by atoms with Gasteiger partial charge < -0.3 is 14.2 Å². The lowest BCUT2D eigenvalue weighted by Gasteiger charge is -2.17. The number of fused-ring (bicyclic) bond motifs is 1. The Morgan fingerprint density at radius 1 is 1.13 bits per heavy atom. The van der Waals surface area contributed by atoms with Crippen molar-refractivity contribution in [2.45, 2.75) is 33.6 Å². The maximum absolute atomic E-state index is 13.7. The van der Waals surface area contributed by atoms with Crippen molar-refractivity contribution in [3.63, 3.8) is 0 Å². The van der Waals surface area contributed by atoms with Crippen LogP contribution in [0.15, 0.2) is 64.5 Å². The van der Waals surface area contributed by atoms with Gasteiger partial charge in [0.1, 0.15) is 11.5 Å². The molecule has 0 aliphatic rings. The molecule has 4 rings (SSSR count). The van der Waals surface area contributed by atoms with E-state index in [-0.39, 0.29) is 24.7 Å². The topological polar surface area (TPSA) is 92.0 Å². The second-order valence-corrected chi connectivity index (χ2v) is 9.59. The van der Waals surface area contributed by atoms with Crippen molar-refractivity contribution in [3.05, 3.63) is 86.7 Å². The standard InChI is InChI=1S/C30H30ClN3O5/c1-6-38-28(35)17-39-26-12-11-21(31)14-20(26)16-32-34-29(33-25-10-8-7-9-22(25)30(34)36)24-15-23(18(2)3)27(37-5)13-19(24)4/h7-16,18H,6,17H2,1-5H3. The number of aromatic nitrogens is 2. The summed E-state index contributed by atoms with van der Waals surface area (Å²) in [5, 5.41) is 5.43. The molecule has 0 saturated carbocycles. The Morgan fingerprint density at radius 2 is 1.90 bits per heavy atom. The van der Waals surface area contributed by atoms with Crippen LogP contribution in [0.3, 0.4) is 0 Å². The van der Waals surface area contributed by atoms with Gasteiger partial charge in [0, 0.05) is 16.1 Å². The summed E-state index contributed by atoms with van der Waals surface area (Å²) in [4.78, 5) is 30.4. The lowest BCUT2D eigenvalue weighted by Crippen LogP contribution is -2.21. The van der Waals surface area contributed by atoms with Gasteiger partial charge in [0.05, 0.1) is 30.8 Å². The minimum atomic E-state index is -0.497. The minimum absolute atomic E-state index is 0.175. The van der Waals surface area contributed by atoms with E-state index < -0.39 is 5.97 Å². The van der Waals surface area contributed by atoms with Crippen molar-refractivity contribution >= 4 is 34.7 Å². The molecule has 0 amide bonds. The molecule has 1 aromatic heterocycles. The van der Waals surface area contributed by atoms with E-state index in [9.17, 15) is 9.59 Å². The van der Waals surface area contributed by atoms with Gasteiger partial charge >= 0.3 is 5.97 Å². The number of benzene rings is 3. The third-order valence-corrected chi connectivity index (χ3v) is 6.36. The number of hydrogen-bond donors (Lipinski definition) is 0. The molecule has 4 aromatic rings. The summed E-state index contributed by atoms with van der Waals surface area (Å²) < 4.78 is 17.5. The van der Waals surface area contributed by atoms with Crippen LogP contribution in [0.1, 0.15) is 43.4 Å². The Kier molecular flexibility index (Phi) is 8.66. The molecule has 0 unspecified atom stereocenters. The van der Waals surface area contributed by atoms with Gasteiger partial charge in [-0.25, -0.2) is 9.78 Å². The maximum atomic E-state index is 13.7. The molecule has 39 heavy (non-hydrogen) atoms. The summed E-state index contributed by atoms with van der Waals surface area (Å²) in [6, 6.07) is 16.0. The third kappa shape index (κ3) is 6.12. The van der Waals surface area contributed by atoms with Gasteiger partial charge in [-0.05, 0) is 73.4 Å². The lowest BCUT2D eigenvalue weighted by atomic mass is 9.96. The Labute approximate surface area is 231 Å². The Balaban J connectivity index is 1.89. The molecule has 0 bridgehead atoms. The quantitative estimate of drug-likeness (QED) is 0.189. The fourth-order valence-electron chi connectivity index (χ4n) is 4.18. The Morgan fingerprint density at radius 3 is 2.62 bits per heavy atom. The number of hydrogen-bond acceptors (Lipinski definition) is 7. The summed E-state index contributed by atoms with van der Waals surface area (Å²) >= 11 is 6.24. The summed E-state index contributed by atoms with van der Waals surface area (Å²) in [5.74, 6) is 1.19. The fraction of sp³-hybridized carbons (Fsp3) is 0.267. The van der Waals surface area contributed by atoms with Gasteiger partial charge in [-0.15, -0.1) is 0 Å². The fourth-order valence-corrected chi connectivity index (χ4v) is 4.36. The van der Waals surface area contributed by atoms with Crippen LogP contribution >= 0.6 is 11.6 Å². The number of carbonyl (C=O) groups excluding carboxylic acids is 1. The van der Waals surface area contributed by atoms with Crippen LogP contribution in [0, 0.1) is 6.92 Å². The van der Waals surface area contributed by atoms with Crippen molar-refractivity contribution < 1.29 is 19.0 Å². The van der Waals surface area contributed by atoms with Crippen LogP contribution in [-0.2, 0) is 9.53 Å². The highest BCUT2D eigenvalue weighted by Crippen LogP contribution is 2.34. The average Bonchev–Trinajstić information content (AvgIpc) is 2.91. The SMILES string of the molecule is CCOC(=O)COc1ccc(Cl)cc1C=Nn1c(-c2cc(C(C)C)c(OC)cc2C)nc2ccccc2c1=O. The molecular formula is C30H30ClN3O5. The predicted octanol–water partition coefficient (Wildman–Crippen LogP) is 5.98. The molecule has 0 spiro atoms. The zero-order chi connectivity index (χ0) is 28.1. The Bertz CT molecular complexity index is 1610. The molecule has 202 valence electrons. The van der Waals surface area contributed by atoms with E-state index in [1.165, 1.54) is 10.9 Å². The third-order valence-electron chi connectivity index (χ3n) is 6.13. The number of carbonyl (C=O) groups is 1. The smallest absolute Gasteiger partial charge is 0.344 e. The van der Waals surface area contributed by atoms with E-state index in [1.54, 1.807) is 50.4 Å². The molecule has 8 nitrogen and oxygen atoms in total. The number of para-hydroxylation sites is 1. The van der Waals surface area contributed by atoms with E-state index in [1.807, 2.05) is 25.1 Å². The summed E-state index contributed by atoms with van der Waals surface area (Å²) in [7, 11) is 1.64. The zero-order valence-corrected chi connectivity index (χ0v) is 23.3. The number of nitrogens with zero attached hydrogens (tertiary/aromatic N) is 3. The first-order chi connectivity index (χ1) is 18.7. The second kappa shape index (κ2) is 12.1. The molecule has 0 atom stereocenters. The van der Waals surface area contributed by atoms with Gasteiger partial charge in [0.25, 0.3) is 5.56 Å². The van der Waals surface area contributed by atoms with E-state index in [0.29, 0.717) is 33.1 Å². The van der Waals surface area contributed by atoms with Crippen LogP contribution in [0.5, 0.6) is 11.5 Å². The first-order valence-electron chi connectivity index (χ1n) is 12.6. The minimum Gasteiger partial charge on any atom is -0.496 e. The van der Waals surface area contributed by atoms with Crippen LogP contribution in [0.25, 0.3) is 22.3 Å². The van der Waals surface area contributed by atoms with E-state index in [4.69, 9.17) is 30.8 Å². The van der Waals surface area contributed by atoms with Crippen molar-refractivity contribution in [1.29, 1.82) is 0 Å². The summed E-state index contributed by atoms with van der Waals surface area (Å²) in [6.45, 7) is 7.79. The molecule has 0 radical (unpaired) electrons. The predicted molar refractivity (Wildman–Crippen MR) is 153 cm³/mol. The first-order valence-corrected chi connectivity index (χ1v) is 12.9. The van der Waals surface area contributed by atoms with E-state index >= 15 is 0 Å². The second-order valence-electron chi connectivity index (χ2n) is 9.15. The molecule has 1 heterocycles. The molecule has 3 aromatic carbocycles. The highest BCUT2D eigenvalue weighted by Gasteiger charge is 2.18. The maximum Gasteiger partial charge on any atom is 0.344 e. The summed E-state index contributed by atoms with van der Waals surface area (Å²) in [5.41, 5.74) is 3.33. The first kappa shape index (κ1) is 27.9. The molecule has 0 saturated heterocycles. The van der Waals surface area contributed by atoms with Gasteiger partial charge in [-0.3, -0.25) is 4.79 Å². The van der Waals surface area contributed by atoms with Crippen LogP contribution < -0.4 is 15.0 Å². The summed E-state index contributed by atoms with van der Waals surface area (Å²) in [6.07, 6.45) is 1.47. The highest BCUT2D eigenvalue weighted by molar-refractivity contribution is 6.30. The van der Waals surface area contributed by atoms with Crippen molar-refractivity contribution in [1.82, 2.24) is 9.66 Å². The number of ether oxygens (including phenoxy) is 3. The number of aryl methyl sites for hydroxylation is 1. The van der Waals surface area contributed by atoms with Gasteiger partial charge in [-0.2, -0.15) is 9.78 Å². The van der Waals surface area contributed by atoms with Gasteiger partial charge in [0.2, 0.25) is 0 Å². The van der Waals surface area contributed by atoms with Crippen LogP contribution in [0.4, 0.5) is 0 Å². The number of halogens is 1. The van der Waals surface area contributed by atoms with Gasteiger partial charge in [-0.1, -0.05) is 37.6 Å². The number of esters is 1. The van der Waals surface area contributed by atoms with Crippen molar-refractivity contribution in [3.8, 4) is 22.9 Å². The van der Waals surface area contributed by atoms with Crippen LogP contribution in [0.2, 0.25) is 5.02 Å². The number of methoxy groups -OCH3 is 1. The molecule has 9 heteroatoms. The monoisotopic (exact) mass is 547 g/mol. The van der Waals surface area contributed by atoms with Crippen molar-refractivity contribution in [2.75, 3.05) is 20.3 Å². The number of rotatable bonds is 9. The molecule has 0 aliphatic heterocycles. The molecular weight excluding hydrogens is 518 g/mol. The Hall–Kier alpha value is -4.17. The van der Waals surface area contributed by atoms with E-state index in [2.05, 4.69) is 18.9 Å². The molecule has 0 fully saturated rings. The zero-order valence-electron chi connectivity index (χ0n) is 22.5. The van der Waals surface area contributed by atoms with E-state index in [0.717, 1.165) is 22.4 Å². The highest BCUT2D eigenvalue weighted by atomic mass is 35.5. The van der Waals surface area contributed by atoms with Crippen LogP contribution in [-0.4, -0.2) is 42.2 Å². The lowest BCUT2D eigenvalue weighted by molar-refractivity contribution is -0.145. The molecule has 0 N–H and O–H groups in total. The average molecular weight is 548 g/mol. The molecule has 0 aliphatic carbocycles. The normalized spacial score (nSPS) is 11.4. The van der Waals surface area contributed by atoms with Crippen molar-refractivity contribution in [2.24, 2.45) is 5.10 Å². The van der Waals surface area contributed by atoms with Gasteiger partial charge in [0.15, 0.2) is 12.4 Å². The largest absolute Gasteiger partial charge is 0.496 e.